The largest absolute Gasteiger partial charge is 0.481 e. The Labute approximate surface area is 203 Å². The van der Waals surface area contributed by atoms with Crippen LogP contribution in [0.3, 0.4) is 0 Å². The summed E-state index contributed by atoms with van der Waals surface area (Å²) in [5.41, 5.74) is -0.684. The molecule has 1 atom stereocenters. The second-order valence-electron chi connectivity index (χ2n) is 7.18. The number of rotatable bonds is 8. The third-order valence-corrected chi connectivity index (χ3v) is 4.81. The Hall–Kier alpha value is -4.33. The molecule has 2 aromatic carbocycles. The van der Waals surface area contributed by atoms with Gasteiger partial charge in [-0.25, -0.2) is 14.4 Å². The Balaban J connectivity index is 1.81. The number of hydrogen-bond donors (Lipinski definition) is 3. The van der Waals surface area contributed by atoms with Crippen molar-refractivity contribution in [2.75, 3.05) is 0 Å². The summed E-state index contributed by atoms with van der Waals surface area (Å²) in [6.07, 6.45) is -6.74. The molecule has 1 amide bonds. The molecule has 0 radical (unpaired) electrons. The van der Waals surface area contributed by atoms with Gasteiger partial charge < -0.3 is 24.7 Å². The van der Waals surface area contributed by atoms with Gasteiger partial charge in [-0.2, -0.15) is 17.9 Å². The van der Waals surface area contributed by atoms with E-state index in [1.165, 1.54) is 18.2 Å². The normalized spacial score (nSPS) is 12.1. The van der Waals surface area contributed by atoms with E-state index in [0.717, 1.165) is 28.9 Å². The summed E-state index contributed by atoms with van der Waals surface area (Å²) < 4.78 is 49.1. The highest BCUT2D eigenvalue weighted by atomic mass is 35.5. The van der Waals surface area contributed by atoms with E-state index in [0.29, 0.717) is 0 Å². The molecule has 0 spiro atoms. The predicted molar refractivity (Wildman–Crippen MR) is 115 cm³/mol. The van der Waals surface area contributed by atoms with Crippen molar-refractivity contribution in [1.82, 2.24) is 15.1 Å². The fourth-order valence-electron chi connectivity index (χ4n) is 2.90. The van der Waals surface area contributed by atoms with Gasteiger partial charge in [0.1, 0.15) is 11.8 Å². The second kappa shape index (κ2) is 10.5. The molecule has 1 heterocycles. The van der Waals surface area contributed by atoms with Crippen LogP contribution in [0.2, 0.25) is 5.02 Å². The molecule has 3 N–H and O–H groups in total. The zero-order valence-electron chi connectivity index (χ0n) is 17.8. The maximum absolute atomic E-state index is 12.8. The maximum Gasteiger partial charge on any atom is 0.437 e. The smallest absolute Gasteiger partial charge is 0.437 e. The van der Waals surface area contributed by atoms with Crippen LogP contribution in [0.1, 0.15) is 17.5 Å². The Morgan fingerprint density at radius 2 is 1.81 bits per heavy atom. The molecular weight excluding hydrogens is 515 g/mol. The van der Waals surface area contributed by atoms with Crippen molar-refractivity contribution in [3.8, 4) is 17.2 Å². The number of aliphatic carboxylic acids is 2. The first-order chi connectivity index (χ1) is 16.8. The summed E-state index contributed by atoms with van der Waals surface area (Å²) in [5.74, 6) is -4.48. The SMILES string of the molecule is O=C(O)C[C@H](NC(=O)Oc1ccc(Cl)cc1Cn1nc(-c2ccc(C(F)(F)F)cc2)oc1=O)C(=O)O. The number of benzene rings is 2. The third-order valence-electron chi connectivity index (χ3n) is 4.58. The van der Waals surface area contributed by atoms with Crippen LogP contribution in [0.25, 0.3) is 11.5 Å². The number of carboxylic acid groups (broad SMARTS) is 2. The number of halogens is 4. The summed E-state index contributed by atoms with van der Waals surface area (Å²) in [6.45, 7) is -0.358. The van der Waals surface area contributed by atoms with Crippen molar-refractivity contribution in [3.63, 3.8) is 0 Å². The van der Waals surface area contributed by atoms with Crippen molar-refractivity contribution in [2.45, 2.75) is 25.2 Å². The minimum absolute atomic E-state index is 0.0962. The first kappa shape index (κ1) is 26.3. The topological polar surface area (TPSA) is 161 Å². The standard InChI is InChI=1S/C21H15ClF3N3O8/c22-13-5-6-15(35-19(33)26-14(18(31)32)8-16(29)30)11(7-13)9-28-20(34)36-17(27-28)10-1-3-12(4-2-10)21(23,24)25/h1-7,14H,8-9H2,(H,26,33)(H,29,30)(H,31,32)/t14-/m0/s1. The van der Waals surface area contributed by atoms with Crippen molar-refractivity contribution < 1.29 is 46.9 Å². The van der Waals surface area contributed by atoms with Gasteiger partial charge in [-0.15, -0.1) is 5.10 Å². The number of carbonyl (C=O) groups excluding carboxylic acids is 1. The number of amides is 1. The van der Waals surface area contributed by atoms with Crippen LogP contribution in [-0.4, -0.2) is 44.1 Å². The van der Waals surface area contributed by atoms with Crippen molar-refractivity contribution in [3.05, 3.63) is 69.2 Å². The molecule has 0 fully saturated rings. The molecule has 0 saturated heterocycles. The Bertz CT molecular complexity index is 1350. The third kappa shape index (κ3) is 6.63. The van der Waals surface area contributed by atoms with E-state index < -0.39 is 48.0 Å². The van der Waals surface area contributed by atoms with E-state index >= 15 is 0 Å². The molecule has 0 aliphatic heterocycles. The van der Waals surface area contributed by atoms with Crippen LogP contribution in [0.5, 0.6) is 5.75 Å². The molecule has 0 aliphatic carbocycles. The number of ether oxygens (including phenoxy) is 1. The van der Waals surface area contributed by atoms with Crippen LogP contribution in [0.15, 0.2) is 51.7 Å². The van der Waals surface area contributed by atoms with Crippen molar-refractivity contribution >= 4 is 29.6 Å². The highest BCUT2D eigenvalue weighted by Crippen LogP contribution is 2.30. The maximum atomic E-state index is 12.8. The quantitative estimate of drug-likeness (QED) is 0.398. The van der Waals surface area contributed by atoms with E-state index in [2.05, 4.69) is 5.10 Å². The van der Waals surface area contributed by atoms with Crippen LogP contribution in [0, 0.1) is 0 Å². The number of alkyl halides is 3. The van der Waals surface area contributed by atoms with Gasteiger partial charge in [-0.05, 0) is 42.5 Å². The fraction of sp³-hybridized carbons (Fsp3) is 0.190. The fourth-order valence-corrected chi connectivity index (χ4v) is 3.10. The molecule has 36 heavy (non-hydrogen) atoms. The van der Waals surface area contributed by atoms with Crippen molar-refractivity contribution in [1.29, 1.82) is 0 Å². The van der Waals surface area contributed by atoms with Gasteiger partial charge >= 0.3 is 30.0 Å². The first-order valence-corrected chi connectivity index (χ1v) is 10.2. The number of carbonyl (C=O) groups is 3. The zero-order valence-corrected chi connectivity index (χ0v) is 18.5. The van der Waals surface area contributed by atoms with Gasteiger partial charge in [-0.3, -0.25) is 4.79 Å². The van der Waals surface area contributed by atoms with Gasteiger partial charge in [0.2, 0.25) is 5.89 Å². The molecule has 1 aromatic heterocycles. The van der Waals surface area contributed by atoms with Crippen LogP contribution in [-0.2, 0) is 22.3 Å². The zero-order chi connectivity index (χ0) is 26.6. The second-order valence-corrected chi connectivity index (χ2v) is 7.62. The number of nitrogens with one attached hydrogen (secondary N) is 1. The number of carboxylic acids is 2. The van der Waals surface area contributed by atoms with E-state index in [1.54, 1.807) is 0 Å². The lowest BCUT2D eigenvalue weighted by atomic mass is 10.1. The van der Waals surface area contributed by atoms with E-state index in [9.17, 15) is 32.3 Å². The molecule has 11 nitrogen and oxygen atoms in total. The lowest BCUT2D eigenvalue weighted by molar-refractivity contribution is -0.145. The van der Waals surface area contributed by atoms with Gasteiger partial charge in [0.25, 0.3) is 0 Å². The lowest BCUT2D eigenvalue weighted by Gasteiger charge is -2.14. The summed E-state index contributed by atoms with van der Waals surface area (Å²) >= 11 is 5.97. The molecule has 0 bridgehead atoms. The number of nitrogens with zero attached hydrogens (tertiary/aromatic N) is 2. The van der Waals surface area contributed by atoms with Crippen LogP contribution < -0.4 is 15.8 Å². The van der Waals surface area contributed by atoms with Gasteiger partial charge in [0.05, 0.1) is 18.5 Å². The Morgan fingerprint density at radius 3 is 2.39 bits per heavy atom. The average molecular weight is 530 g/mol. The summed E-state index contributed by atoms with van der Waals surface area (Å²) in [4.78, 5) is 46.3. The highest BCUT2D eigenvalue weighted by molar-refractivity contribution is 6.30. The minimum atomic E-state index is -4.55. The van der Waals surface area contributed by atoms with Gasteiger partial charge in [0.15, 0.2) is 0 Å². The van der Waals surface area contributed by atoms with E-state index in [4.69, 9.17) is 31.0 Å². The highest BCUT2D eigenvalue weighted by Gasteiger charge is 2.30. The average Bonchev–Trinajstić information content (AvgIpc) is 3.14. The number of hydrogen-bond acceptors (Lipinski definition) is 7. The summed E-state index contributed by atoms with van der Waals surface area (Å²) in [6, 6.07) is 5.87. The predicted octanol–water partition coefficient (Wildman–Crippen LogP) is 3.24. The first-order valence-electron chi connectivity index (χ1n) is 9.80. The molecule has 3 aromatic rings. The molecule has 15 heteroatoms. The molecule has 3 rings (SSSR count). The molecule has 190 valence electrons. The Morgan fingerprint density at radius 1 is 1.14 bits per heavy atom. The van der Waals surface area contributed by atoms with Crippen molar-refractivity contribution in [2.24, 2.45) is 0 Å². The number of aromatic nitrogens is 2. The molecular formula is C21H15ClF3N3O8. The molecule has 0 aliphatic rings. The molecule has 0 unspecified atom stereocenters. The summed E-state index contributed by atoms with van der Waals surface area (Å²) in [7, 11) is 0. The van der Waals surface area contributed by atoms with Gasteiger partial charge in [-0.1, -0.05) is 11.6 Å². The van der Waals surface area contributed by atoms with Crippen LogP contribution in [0.4, 0.5) is 18.0 Å². The van der Waals surface area contributed by atoms with Gasteiger partial charge in [0, 0.05) is 16.1 Å². The molecule has 0 saturated carbocycles. The van der Waals surface area contributed by atoms with E-state index in [1.807, 2.05) is 5.32 Å². The Kier molecular flexibility index (Phi) is 7.68. The summed E-state index contributed by atoms with van der Waals surface area (Å²) in [5, 5.41) is 23.8. The lowest BCUT2D eigenvalue weighted by Crippen LogP contribution is -2.43. The minimum Gasteiger partial charge on any atom is -0.481 e. The monoisotopic (exact) mass is 529 g/mol. The van der Waals surface area contributed by atoms with E-state index in [-0.39, 0.29) is 34.3 Å². The van der Waals surface area contributed by atoms with Crippen LogP contribution >= 0.6 is 11.6 Å².